The first-order valence-corrected chi connectivity index (χ1v) is 7.46. The second kappa shape index (κ2) is 7.60. The first-order valence-electron chi connectivity index (χ1n) is 7.46. The van der Waals surface area contributed by atoms with Crippen LogP contribution in [-0.2, 0) is 28.8 Å². The molecule has 0 aliphatic carbocycles. The van der Waals surface area contributed by atoms with E-state index in [9.17, 15) is 27.9 Å². The Kier molecular flexibility index (Phi) is 5.70. The van der Waals surface area contributed by atoms with Gasteiger partial charge in [0.05, 0.1) is 25.8 Å². The number of aryl methyl sites for hydroxylation is 1. The molecule has 2 aromatic rings. The lowest BCUT2D eigenvalue weighted by Gasteiger charge is -2.29. The minimum Gasteiger partial charge on any atom is -0.467 e. The van der Waals surface area contributed by atoms with Crippen LogP contribution in [0.2, 0.25) is 0 Å². The van der Waals surface area contributed by atoms with Crippen LogP contribution in [0.4, 0.5) is 13.2 Å². The number of imidazole rings is 1. The number of hydrogen-bond donors (Lipinski definition) is 3. The summed E-state index contributed by atoms with van der Waals surface area (Å²) in [5, 5.41) is 14.5. The van der Waals surface area contributed by atoms with E-state index in [1.807, 2.05) is 5.32 Å². The summed E-state index contributed by atoms with van der Waals surface area (Å²) in [6.45, 7) is -0.477. The zero-order valence-electron chi connectivity index (χ0n) is 13.7. The second-order valence-corrected chi connectivity index (χ2v) is 5.53. The van der Waals surface area contributed by atoms with Crippen LogP contribution in [0.1, 0.15) is 18.0 Å². The topological polar surface area (TPSA) is 109 Å². The maximum atomic E-state index is 13.3. The molecule has 0 spiro atoms. The summed E-state index contributed by atoms with van der Waals surface area (Å²) >= 11 is 0. The third-order valence-electron chi connectivity index (χ3n) is 3.56. The molecule has 1 atom stereocenters. The molecule has 2 aromatic heterocycles. The van der Waals surface area contributed by atoms with Gasteiger partial charge in [0.15, 0.2) is 5.82 Å². The fourth-order valence-corrected chi connectivity index (χ4v) is 2.21. The zero-order valence-corrected chi connectivity index (χ0v) is 13.7. The predicted octanol–water partition coefficient (Wildman–Crippen LogP) is 0.586. The largest absolute Gasteiger partial charge is 0.467 e. The molecule has 2 heterocycles. The lowest BCUT2D eigenvalue weighted by molar-refractivity contribution is -0.271. The number of carbonyl (C=O) groups is 2. The molecule has 0 saturated carbocycles. The van der Waals surface area contributed by atoms with Gasteiger partial charge in [-0.3, -0.25) is 9.59 Å². The Balaban J connectivity index is 1.93. The molecule has 0 aromatic carbocycles. The van der Waals surface area contributed by atoms with E-state index >= 15 is 0 Å². The number of halogens is 3. The van der Waals surface area contributed by atoms with E-state index in [1.165, 1.54) is 19.5 Å². The third-order valence-corrected chi connectivity index (χ3v) is 3.56. The molecule has 142 valence electrons. The highest BCUT2D eigenvalue weighted by Gasteiger charge is 2.58. The fraction of sp³-hybridized carbons (Fsp3) is 0.400. The van der Waals surface area contributed by atoms with Crippen LogP contribution in [0.15, 0.2) is 35.2 Å². The minimum atomic E-state index is -5.13. The number of aromatic nitrogens is 2. The van der Waals surface area contributed by atoms with E-state index in [4.69, 9.17) is 4.42 Å². The van der Waals surface area contributed by atoms with Crippen LogP contribution in [-0.4, -0.2) is 39.2 Å². The molecule has 1 unspecified atom stereocenters. The minimum absolute atomic E-state index is 0.0709. The van der Waals surface area contributed by atoms with Gasteiger partial charge in [0.2, 0.25) is 17.4 Å². The number of furan rings is 1. The number of nitrogens with one attached hydrogen (secondary N) is 2. The number of rotatable bonds is 7. The van der Waals surface area contributed by atoms with Crippen LogP contribution >= 0.6 is 0 Å². The molecule has 0 bridgehead atoms. The third kappa shape index (κ3) is 4.42. The summed E-state index contributed by atoms with van der Waals surface area (Å²) in [7, 11) is 1.26. The molecule has 0 fully saturated rings. The Morgan fingerprint density at radius 3 is 2.58 bits per heavy atom. The Morgan fingerprint density at radius 1 is 1.31 bits per heavy atom. The fourth-order valence-electron chi connectivity index (χ4n) is 2.21. The number of carbonyl (C=O) groups excluding carboxylic acids is 2. The summed E-state index contributed by atoms with van der Waals surface area (Å²) in [5.41, 5.74) is -3.47. The molecular formula is C15H17F3N4O4. The van der Waals surface area contributed by atoms with Gasteiger partial charge in [0.1, 0.15) is 5.76 Å². The van der Waals surface area contributed by atoms with Crippen molar-refractivity contribution < 1.29 is 32.3 Å². The van der Waals surface area contributed by atoms with Crippen LogP contribution in [0.5, 0.6) is 0 Å². The van der Waals surface area contributed by atoms with Crippen molar-refractivity contribution in [1.82, 2.24) is 20.2 Å². The van der Waals surface area contributed by atoms with Gasteiger partial charge in [-0.1, -0.05) is 0 Å². The van der Waals surface area contributed by atoms with Crippen molar-refractivity contribution in [2.45, 2.75) is 24.7 Å². The molecule has 0 saturated heterocycles. The molecule has 0 aliphatic rings. The Morgan fingerprint density at radius 2 is 2.04 bits per heavy atom. The SMILES string of the molecule is Cn1ccnc1C(O)(CC(=O)NCC(=O)NCc1ccco1)C(F)(F)F. The maximum absolute atomic E-state index is 13.3. The molecule has 3 N–H and O–H groups in total. The monoisotopic (exact) mass is 374 g/mol. The van der Waals surface area contributed by atoms with Gasteiger partial charge in [0, 0.05) is 19.4 Å². The van der Waals surface area contributed by atoms with E-state index in [0.29, 0.717) is 5.76 Å². The summed E-state index contributed by atoms with van der Waals surface area (Å²) in [6.07, 6.45) is -2.76. The highest BCUT2D eigenvalue weighted by molar-refractivity contribution is 5.85. The summed E-state index contributed by atoms with van der Waals surface area (Å²) in [5.74, 6) is -2.02. The molecule has 0 radical (unpaired) electrons. The zero-order chi connectivity index (χ0) is 19.4. The van der Waals surface area contributed by atoms with E-state index < -0.39 is 42.4 Å². The van der Waals surface area contributed by atoms with Crippen molar-refractivity contribution in [3.8, 4) is 0 Å². The molecular weight excluding hydrogens is 357 g/mol. The first kappa shape index (κ1) is 19.5. The Hall–Kier alpha value is -2.82. The highest BCUT2D eigenvalue weighted by atomic mass is 19.4. The summed E-state index contributed by atoms with van der Waals surface area (Å²) in [6, 6.07) is 3.24. The van der Waals surface area contributed by atoms with Crippen molar-refractivity contribution in [3.05, 3.63) is 42.4 Å². The van der Waals surface area contributed by atoms with Gasteiger partial charge in [-0.2, -0.15) is 13.2 Å². The van der Waals surface area contributed by atoms with Crippen molar-refractivity contribution >= 4 is 11.8 Å². The molecule has 8 nitrogen and oxygen atoms in total. The average Bonchev–Trinajstić information content (AvgIpc) is 3.21. The normalized spacial score (nSPS) is 13.9. The van der Waals surface area contributed by atoms with Crippen molar-refractivity contribution in [2.75, 3.05) is 6.54 Å². The van der Waals surface area contributed by atoms with Crippen LogP contribution < -0.4 is 10.6 Å². The van der Waals surface area contributed by atoms with Crippen LogP contribution in [0, 0.1) is 0 Å². The predicted molar refractivity (Wildman–Crippen MR) is 81.3 cm³/mol. The number of aliphatic hydroxyl groups is 1. The number of hydrogen-bond acceptors (Lipinski definition) is 5. The molecule has 2 rings (SSSR count). The lowest BCUT2D eigenvalue weighted by Crippen LogP contribution is -2.48. The average molecular weight is 374 g/mol. The van der Waals surface area contributed by atoms with Crippen molar-refractivity contribution in [3.63, 3.8) is 0 Å². The van der Waals surface area contributed by atoms with Crippen LogP contribution in [0.3, 0.4) is 0 Å². The summed E-state index contributed by atoms with van der Waals surface area (Å²) in [4.78, 5) is 26.9. The van der Waals surface area contributed by atoms with Gasteiger partial charge in [-0.05, 0) is 12.1 Å². The highest BCUT2D eigenvalue weighted by Crippen LogP contribution is 2.40. The molecule has 26 heavy (non-hydrogen) atoms. The lowest BCUT2D eigenvalue weighted by atomic mass is 9.97. The van der Waals surface area contributed by atoms with E-state index in [-0.39, 0.29) is 6.54 Å². The first-order chi connectivity index (χ1) is 12.1. The van der Waals surface area contributed by atoms with Gasteiger partial charge < -0.3 is 24.7 Å². The van der Waals surface area contributed by atoms with Gasteiger partial charge in [-0.25, -0.2) is 4.98 Å². The molecule has 11 heteroatoms. The quantitative estimate of drug-likeness (QED) is 0.657. The Bertz CT molecular complexity index is 757. The van der Waals surface area contributed by atoms with Crippen molar-refractivity contribution in [1.29, 1.82) is 0 Å². The van der Waals surface area contributed by atoms with Crippen LogP contribution in [0.25, 0.3) is 0 Å². The van der Waals surface area contributed by atoms with Crippen molar-refractivity contribution in [2.24, 2.45) is 7.05 Å². The number of amides is 2. The van der Waals surface area contributed by atoms with Gasteiger partial charge >= 0.3 is 6.18 Å². The van der Waals surface area contributed by atoms with E-state index in [0.717, 1.165) is 10.8 Å². The second-order valence-electron chi connectivity index (χ2n) is 5.53. The molecule has 2 amide bonds. The number of alkyl halides is 3. The van der Waals surface area contributed by atoms with Gasteiger partial charge in [-0.15, -0.1) is 0 Å². The maximum Gasteiger partial charge on any atom is 0.425 e. The Labute approximate surface area is 146 Å². The standard InChI is InChI=1S/C15H17F3N4O4/c1-22-5-4-19-13(22)14(25,15(16,17)18)7-11(23)21-9-12(24)20-8-10-3-2-6-26-10/h2-6,25H,7-9H2,1H3,(H,20,24)(H,21,23). The summed E-state index contributed by atoms with van der Waals surface area (Å²) < 4.78 is 45.9. The number of nitrogens with zero attached hydrogens (tertiary/aromatic N) is 2. The molecule has 0 aliphatic heterocycles. The van der Waals surface area contributed by atoms with E-state index in [2.05, 4.69) is 10.3 Å². The van der Waals surface area contributed by atoms with Gasteiger partial charge in [0.25, 0.3) is 0 Å². The van der Waals surface area contributed by atoms with E-state index in [1.54, 1.807) is 12.1 Å². The smallest absolute Gasteiger partial charge is 0.425 e.